The Morgan fingerprint density at radius 1 is 0.964 bits per heavy atom. The zero-order valence-corrected chi connectivity index (χ0v) is 17.2. The van der Waals surface area contributed by atoms with E-state index in [-0.39, 0.29) is 23.4 Å². The van der Waals surface area contributed by atoms with Gasteiger partial charge in [-0.2, -0.15) is 0 Å². The van der Waals surface area contributed by atoms with Gasteiger partial charge in [0.1, 0.15) is 11.5 Å². The summed E-state index contributed by atoms with van der Waals surface area (Å²) in [6, 6.07) is 13.1. The van der Waals surface area contributed by atoms with Crippen molar-refractivity contribution in [3.63, 3.8) is 0 Å². The van der Waals surface area contributed by atoms with Crippen LogP contribution in [0.1, 0.15) is 26.3 Å². The average molecular weight is 407 g/mol. The van der Waals surface area contributed by atoms with Gasteiger partial charge in [-0.25, -0.2) is 13.1 Å². The van der Waals surface area contributed by atoms with Crippen LogP contribution in [0.3, 0.4) is 0 Å². The fraction of sp³-hybridized carbons (Fsp3) is 0.350. The molecule has 2 aromatic carbocycles. The monoisotopic (exact) mass is 406 g/mol. The Kier molecular flexibility index (Phi) is 7.42. The van der Waals surface area contributed by atoms with Gasteiger partial charge in [-0.3, -0.25) is 4.79 Å². The minimum atomic E-state index is -3.67. The molecule has 0 aliphatic heterocycles. The summed E-state index contributed by atoms with van der Waals surface area (Å²) in [6.45, 7) is 5.53. The number of hydrogen-bond acceptors (Lipinski definition) is 5. The average Bonchev–Trinajstić information content (AvgIpc) is 2.66. The number of rotatable bonds is 9. The van der Waals surface area contributed by atoms with Gasteiger partial charge in [-0.1, -0.05) is 12.1 Å². The van der Waals surface area contributed by atoms with E-state index in [0.29, 0.717) is 11.5 Å². The Hall–Kier alpha value is -2.58. The van der Waals surface area contributed by atoms with Crippen LogP contribution in [0.2, 0.25) is 0 Å². The molecule has 0 aliphatic carbocycles. The third kappa shape index (κ3) is 6.24. The highest BCUT2D eigenvalue weighted by atomic mass is 32.2. The molecule has 7 nitrogen and oxygen atoms in total. The first-order chi connectivity index (χ1) is 13.2. The van der Waals surface area contributed by atoms with Gasteiger partial charge in [0.15, 0.2) is 6.10 Å². The molecule has 1 atom stereocenters. The third-order valence-corrected chi connectivity index (χ3v) is 5.29. The molecule has 0 radical (unpaired) electrons. The molecule has 0 aromatic heterocycles. The quantitative estimate of drug-likeness (QED) is 0.667. The maximum atomic E-state index is 12.5. The minimum absolute atomic E-state index is 0.0165. The van der Waals surface area contributed by atoms with E-state index in [1.54, 1.807) is 38.3 Å². The molecule has 1 amide bonds. The maximum absolute atomic E-state index is 12.5. The molecular formula is C20H26N2O5S. The second-order valence-corrected chi connectivity index (χ2v) is 8.33. The number of methoxy groups -OCH3 is 1. The summed E-state index contributed by atoms with van der Waals surface area (Å²) in [7, 11) is -2.10. The first kappa shape index (κ1) is 21.7. The standard InChI is InChI=1S/C20H26N2O5S/c1-14(2)22-20(23)15(3)27-18-9-11-19(12-10-18)28(24,25)21-13-16-5-7-17(26-4)8-6-16/h5-12,14-15,21H,13H2,1-4H3,(H,22,23)/t15-/m0/s1. The molecule has 2 rings (SSSR count). The number of ether oxygens (including phenoxy) is 2. The second kappa shape index (κ2) is 9.57. The molecule has 0 saturated heterocycles. The van der Waals surface area contributed by atoms with E-state index in [4.69, 9.17) is 9.47 Å². The van der Waals surface area contributed by atoms with E-state index in [0.717, 1.165) is 5.56 Å². The summed E-state index contributed by atoms with van der Waals surface area (Å²) in [5.41, 5.74) is 0.814. The maximum Gasteiger partial charge on any atom is 0.260 e. The van der Waals surface area contributed by atoms with Crippen molar-refractivity contribution in [2.45, 2.75) is 44.4 Å². The summed E-state index contributed by atoms with van der Waals surface area (Å²) in [6.07, 6.45) is -0.682. The van der Waals surface area contributed by atoms with Crippen LogP contribution >= 0.6 is 0 Å². The van der Waals surface area contributed by atoms with Gasteiger partial charge in [0, 0.05) is 12.6 Å². The first-order valence-corrected chi connectivity index (χ1v) is 10.4. The van der Waals surface area contributed by atoms with Crippen molar-refractivity contribution in [3.05, 3.63) is 54.1 Å². The van der Waals surface area contributed by atoms with Crippen LogP contribution in [-0.2, 0) is 21.4 Å². The number of sulfonamides is 1. The van der Waals surface area contributed by atoms with Gasteiger partial charge >= 0.3 is 0 Å². The molecule has 8 heteroatoms. The predicted octanol–water partition coefficient (Wildman–Crippen LogP) is 2.47. The van der Waals surface area contributed by atoms with Crippen molar-refractivity contribution in [1.29, 1.82) is 0 Å². The number of amides is 1. The van der Waals surface area contributed by atoms with Gasteiger partial charge in [0.05, 0.1) is 12.0 Å². The zero-order valence-electron chi connectivity index (χ0n) is 16.4. The topological polar surface area (TPSA) is 93.7 Å². The number of carbonyl (C=O) groups is 1. The number of benzene rings is 2. The number of nitrogens with one attached hydrogen (secondary N) is 2. The summed E-state index contributed by atoms with van der Waals surface area (Å²) < 4.78 is 38.1. The normalized spacial score (nSPS) is 12.5. The third-order valence-electron chi connectivity index (χ3n) is 3.87. The Morgan fingerprint density at radius 3 is 2.07 bits per heavy atom. The lowest BCUT2D eigenvalue weighted by molar-refractivity contribution is -0.127. The van der Waals surface area contributed by atoms with Crippen LogP contribution in [0.15, 0.2) is 53.4 Å². The summed E-state index contributed by atoms with van der Waals surface area (Å²) in [5.74, 6) is 0.895. The van der Waals surface area contributed by atoms with Crippen molar-refractivity contribution in [1.82, 2.24) is 10.0 Å². The van der Waals surface area contributed by atoms with Gasteiger partial charge in [-0.05, 0) is 62.7 Å². The van der Waals surface area contributed by atoms with Crippen LogP contribution in [0.25, 0.3) is 0 Å². The lowest BCUT2D eigenvalue weighted by atomic mass is 10.2. The van der Waals surface area contributed by atoms with E-state index in [1.165, 1.54) is 24.3 Å². The molecule has 152 valence electrons. The highest BCUT2D eigenvalue weighted by molar-refractivity contribution is 7.89. The van der Waals surface area contributed by atoms with Gasteiger partial charge < -0.3 is 14.8 Å². The predicted molar refractivity (Wildman–Crippen MR) is 107 cm³/mol. The van der Waals surface area contributed by atoms with E-state index in [1.807, 2.05) is 13.8 Å². The largest absolute Gasteiger partial charge is 0.497 e. The highest BCUT2D eigenvalue weighted by Crippen LogP contribution is 2.18. The van der Waals surface area contributed by atoms with Crippen molar-refractivity contribution in [2.24, 2.45) is 0 Å². The molecule has 0 aliphatic rings. The Bertz CT molecular complexity index is 878. The van der Waals surface area contributed by atoms with Gasteiger partial charge in [0.2, 0.25) is 10.0 Å². The van der Waals surface area contributed by atoms with Crippen LogP contribution in [0, 0.1) is 0 Å². The fourth-order valence-electron chi connectivity index (χ4n) is 2.36. The van der Waals surface area contributed by atoms with E-state index in [9.17, 15) is 13.2 Å². The molecule has 0 spiro atoms. The zero-order chi connectivity index (χ0) is 20.7. The van der Waals surface area contributed by atoms with Crippen LogP contribution in [0.4, 0.5) is 0 Å². The smallest absolute Gasteiger partial charge is 0.260 e. The van der Waals surface area contributed by atoms with Gasteiger partial charge in [-0.15, -0.1) is 0 Å². The fourth-order valence-corrected chi connectivity index (χ4v) is 3.38. The molecule has 0 saturated carbocycles. The van der Waals surface area contributed by atoms with Crippen LogP contribution in [-0.4, -0.2) is 33.6 Å². The molecule has 0 heterocycles. The van der Waals surface area contributed by atoms with E-state index in [2.05, 4.69) is 10.0 Å². The summed E-state index contributed by atoms with van der Waals surface area (Å²) >= 11 is 0. The number of carbonyl (C=O) groups excluding carboxylic acids is 1. The Balaban J connectivity index is 1.97. The summed E-state index contributed by atoms with van der Waals surface area (Å²) in [4.78, 5) is 12.0. The van der Waals surface area contributed by atoms with Crippen LogP contribution in [0.5, 0.6) is 11.5 Å². The number of hydrogen-bond donors (Lipinski definition) is 2. The minimum Gasteiger partial charge on any atom is -0.497 e. The molecule has 0 bridgehead atoms. The van der Waals surface area contributed by atoms with Crippen molar-refractivity contribution in [2.75, 3.05) is 7.11 Å². The molecular weight excluding hydrogens is 380 g/mol. The molecule has 2 N–H and O–H groups in total. The Labute approximate surface area is 166 Å². The van der Waals surface area contributed by atoms with Crippen molar-refractivity contribution < 1.29 is 22.7 Å². The second-order valence-electron chi connectivity index (χ2n) is 6.57. The molecule has 0 fully saturated rings. The SMILES string of the molecule is COc1ccc(CNS(=O)(=O)c2ccc(O[C@@H](C)C(=O)NC(C)C)cc2)cc1. The highest BCUT2D eigenvalue weighted by Gasteiger charge is 2.17. The van der Waals surface area contributed by atoms with E-state index < -0.39 is 16.1 Å². The van der Waals surface area contributed by atoms with E-state index >= 15 is 0 Å². The Morgan fingerprint density at radius 2 is 1.54 bits per heavy atom. The van der Waals surface area contributed by atoms with Crippen molar-refractivity contribution >= 4 is 15.9 Å². The lowest BCUT2D eigenvalue weighted by Crippen LogP contribution is -2.40. The molecule has 0 unspecified atom stereocenters. The lowest BCUT2D eigenvalue weighted by Gasteiger charge is -2.16. The van der Waals surface area contributed by atoms with Crippen molar-refractivity contribution in [3.8, 4) is 11.5 Å². The molecule has 28 heavy (non-hydrogen) atoms. The van der Waals surface area contributed by atoms with Crippen LogP contribution < -0.4 is 19.5 Å². The first-order valence-electron chi connectivity index (χ1n) is 8.91. The van der Waals surface area contributed by atoms with Gasteiger partial charge in [0.25, 0.3) is 5.91 Å². The summed E-state index contributed by atoms with van der Waals surface area (Å²) in [5, 5.41) is 2.76. The molecule has 2 aromatic rings.